The van der Waals surface area contributed by atoms with Crippen LogP contribution in [0.25, 0.3) is 178 Å². The third-order valence-corrected chi connectivity index (χ3v) is 20.9. The van der Waals surface area contributed by atoms with E-state index in [1.807, 2.05) is 263 Å². The smallest absolute Gasteiger partial charge is 0.139 e. The zero-order valence-electron chi connectivity index (χ0n) is 83.2. The normalized spacial score (nSPS) is 11.7. The van der Waals surface area contributed by atoms with Crippen molar-refractivity contribution in [3.63, 3.8) is 0 Å². The van der Waals surface area contributed by atoms with E-state index in [0.717, 1.165) is 169 Å². The maximum absolute atomic E-state index is 7.50. The van der Waals surface area contributed by atoms with Crippen LogP contribution in [0.2, 0.25) is 0 Å². The SMILES string of the molecule is CCc1ccnc(-c2[c-]ccc3c2oc2cccnc23)c1.Cc1cccc(-c2[c-]cccc2)n1.Cc1ccnc(-c2[c-]ccc3c2oc2cccnc23)c1.Cc1cnc(-c2[c-]cccc2)c(C)c1.[2H]C([2H])([2H])c1ccc(-c2[c-]ccc3c2oc2cccnc23)nc1.[2H]C([2H])([2H])c1cnc(-c2[c-]cccc2)cc1C([2H])([2H])[2H].[Ir].[Ir].[Ir].[Ir].[c-]1ccc2c(oc3cccnc32)c1-c1ccccn1.[c-]1ccccc1-c1ccccn1. The number of fused-ring (bicyclic) bond motifs is 12. The van der Waals surface area contributed by atoms with Crippen molar-refractivity contribution in [3.8, 4) is 90.1 Å². The molecule has 682 valence electrons. The topological polar surface area (TPSA) is 207 Å². The van der Waals surface area contributed by atoms with Crippen LogP contribution in [-0.4, -0.2) is 59.8 Å². The predicted octanol–water partition coefficient (Wildman–Crippen LogP) is 28.3. The monoisotopic (exact) mass is 2500 g/mol. The van der Waals surface area contributed by atoms with E-state index in [0.29, 0.717) is 33.7 Å². The molecule has 8 aromatic carbocycles. The van der Waals surface area contributed by atoms with Crippen molar-refractivity contribution >= 4 is 88.3 Å². The molecular weight excluding hydrogens is 2410 g/mol. The fourth-order valence-electron chi connectivity index (χ4n) is 14.6. The number of rotatable bonds is 9. The largest absolute Gasteiger partial charge is 0.499 e. The van der Waals surface area contributed by atoms with E-state index in [9.17, 15) is 0 Å². The molecule has 0 unspecified atom stereocenters. The van der Waals surface area contributed by atoms with Crippen LogP contribution >= 0.6 is 0 Å². The Kier molecular flexibility index (Phi) is 31.1. The number of hydrogen-bond acceptors (Lipinski definition) is 16. The molecule has 0 aliphatic heterocycles. The zero-order valence-corrected chi connectivity index (χ0v) is 83.8. The van der Waals surface area contributed by atoms with Crippen LogP contribution < -0.4 is 0 Å². The summed E-state index contributed by atoms with van der Waals surface area (Å²) in [6, 6.07) is 119. The Morgan fingerprint density at radius 2 is 0.672 bits per heavy atom. The molecule has 16 aromatic heterocycles. The minimum atomic E-state index is -2.50. The second-order valence-corrected chi connectivity index (χ2v) is 30.2. The average molecular weight is 2500 g/mol. The molecule has 4 radical (unpaired) electrons. The van der Waals surface area contributed by atoms with E-state index >= 15 is 0 Å². The Labute approximate surface area is 861 Å². The zero-order chi connectivity index (χ0) is 98.7. The molecule has 0 aliphatic carbocycles. The maximum atomic E-state index is 7.50. The van der Waals surface area contributed by atoms with Gasteiger partial charge in [-0.25, -0.2) is 0 Å². The van der Waals surface area contributed by atoms with Gasteiger partial charge in [-0.3, -0.25) is 19.9 Å². The van der Waals surface area contributed by atoms with E-state index in [1.54, 1.807) is 85.8 Å². The van der Waals surface area contributed by atoms with Crippen LogP contribution in [0.5, 0.6) is 0 Å². The Bertz CT molecular complexity index is 8400. The number of pyridine rings is 12. The van der Waals surface area contributed by atoms with Gasteiger partial charge in [-0.05, 0) is 217 Å². The van der Waals surface area contributed by atoms with Gasteiger partial charge in [-0.1, -0.05) is 124 Å². The number of furan rings is 4. The van der Waals surface area contributed by atoms with Crippen LogP contribution in [0, 0.1) is 96.8 Å². The van der Waals surface area contributed by atoms with Gasteiger partial charge in [0.15, 0.2) is 0 Å². The van der Waals surface area contributed by atoms with Crippen molar-refractivity contribution < 1.29 is 110 Å². The summed E-state index contributed by atoms with van der Waals surface area (Å²) in [5.41, 5.74) is 28.8. The summed E-state index contributed by atoms with van der Waals surface area (Å²) in [7, 11) is 0. The van der Waals surface area contributed by atoms with Crippen molar-refractivity contribution in [1.82, 2.24) is 59.8 Å². The van der Waals surface area contributed by atoms with Gasteiger partial charge in [-0.2, -0.15) is 0 Å². The Hall–Kier alpha value is -14.6. The molecule has 0 bridgehead atoms. The molecule has 0 spiro atoms. The van der Waals surface area contributed by atoms with Crippen LogP contribution in [0.1, 0.15) is 63.9 Å². The van der Waals surface area contributed by atoms with Gasteiger partial charge >= 0.3 is 0 Å². The minimum Gasteiger partial charge on any atom is -0.499 e. The molecule has 0 saturated carbocycles. The number of benzene rings is 8. The first-order chi connectivity index (χ1) is 69.0. The number of aromatic nitrogens is 12. The average Bonchev–Trinajstić information content (AvgIpc) is 1.59. The number of nitrogens with zero attached hydrogens (tertiary/aromatic N) is 12. The van der Waals surface area contributed by atoms with Gasteiger partial charge < -0.3 is 57.5 Å². The van der Waals surface area contributed by atoms with Gasteiger partial charge in [0.1, 0.15) is 22.3 Å². The molecular formula is C117H86Ir4N12O4-8. The summed E-state index contributed by atoms with van der Waals surface area (Å²) in [6.07, 6.45) is 19.6. The molecule has 0 N–H and O–H groups in total. The summed E-state index contributed by atoms with van der Waals surface area (Å²) in [5.74, 6) is 0. The summed E-state index contributed by atoms with van der Waals surface area (Å²) in [5, 5.41) is 3.88. The predicted molar refractivity (Wildman–Crippen MR) is 531 cm³/mol. The Morgan fingerprint density at radius 3 is 1.09 bits per heavy atom. The van der Waals surface area contributed by atoms with E-state index in [1.165, 1.54) is 29.0 Å². The summed E-state index contributed by atoms with van der Waals surface area (Å²) in [4.78, 5) is 52.1. The molecule has 0 amide bonds. The molecule has 0 atom stereocenters. The molecule has 16 nitrogen and oxygen atoms in total. The molecule has 137 heavy (non-hydrogen) atoms. The van der Waals surface area contributed by atoms with Gasteiger partial charge in [0, 0.05) is 167 Å². The van der Waals surface area contributed by atoms with Crippen molar-refractivity contribution in [2.24, 2.45) is 0 Å². The molecule has 0 aliphatic rings. The number of aryl methyl sites for hydroxylation is 8. The second kappa shape index (κ2) is 48.5. The summed E-state index contributed by atoms with van der Waals surface area (Å²) < 4.78 is 90.7. The van der Waals surface area contributed by atoms with Gasteiger partial charge in [0.25, 0.3) is 0 Å². The van der Waals surface area contributed by atoms with E-state index in [2.05, 4.69) is 141 Å². The molecule has 0 fully saturated rings. The van der Waals surface area contributed by atoms with Crippen LogP contribution in [-0.2, 0) is 86.8 Å². The first-order valence-electron chi connectivity index (χ1n) is 47.1. The summed E-state index contributed by atoms with van der Waals surface area (Å²) in [6.45, 7) is 3.14. The number of hydrogen-bond donors (Lipinski definition) is 0. The van der Waals surface area contributed by atoms with Crippen molar-refractivity contribution in [1.29, 1.82) is 0 Å². The van der Waals surface area contributed by atoms with Crippen molar-refractivity contribution in [2.45, 2.75) is 61.6 Å². The third-order valence-electron chi connectivity index (χ3n) is 20.9. The molecule has 24 rings (SSSR count). The minimum absolute atomic E-state index is 0. The molecule has 20 heteroatoms. The standard InChI is InChI=1S/C18H13N2O.2C17H11N2O.C16H9N2O.2C13H12N.C12H10N.C11H8N.4Ir/c1-2-12-8-10-19-15(11-12)13-5-3-6-14-17-16(21-18(13)14)7-4-9-20-17;1-11-7-8-14(19-10-11)12-4-2-5-13-16-15(20-17(12)13)6-3-9-18-16;1-11-7-9-18-14(10-11)12-4-2-5-13-16-15(20-17(12)13)6-3-8-19-16;1-2-9-17-13(7-1)11-5-3-6-12-15-14(19-16(11)12)8-4-10-18-15;1-10-8-13(14-9-11(10)2)12-6-4-3-5-7-12;1-10-8-11(2)13(14-9-10)12-6-4-3-5-7-12;1-10-6-5-9-12(13-10)11-7-3-2-4-8-11;1-2-6-10(7-3-1)11-8-4-5-9-12-11;;;;/h3-4,6-11H,2H2,1H3;2*2-3,5-10H,1H3;1-4,6-10H;2*3-6,8-9H,1-2H3;2-7,9H,1H3;1-6,8-9H;;;;/q8*-1;;;;/i;1D3;;;1D3,2D3;;;;;;;. The Balaban J connectivity index is 0.000000140. The first-order valence-corrected chi connectivity index (χ1v) is 42.6. The fourth-order valence-corrected chi connectivity index (χ4v) is 14.6. The van der Waals surface area contributed by atoms with Crippen LogP contribution in [0.15, 0.2) is 383 Å². The molecule has 24 aromatic rings. The van der Waals surface area contributed by atoms with Crippen LogP contribution in [0.3, 0.4) is 0 Å². The quantitative estimate of drug-likeness (QED) is 0.123. The maximum Gasteiger partial charge on any atom is 0.139 e. The fraction of sp³-hybridized carbons (Fsp3) is 0.0769. The van der Waals surface area contributed by atoms with Crippen molar-refractivity contribution in [2.75, 3.05) is 0 Å². The van der Waals surface area contributed by atoms with Gasteiger partial charge in [-0.15, -0.1) is 216 Å². The van der Waals surface area contributed by atoms with E-state index in [-0.39, 0.29) is 97.1 Å². The van der Waals surface area contributed by atoms with E-state index in [4.69, 9.17) is 30.0 Å². The third kappa shape index (κ3) is 24.6. The van der Waals surface area contributed by atoms with Crippen molar-refractivity contribution in [3.05, 3.63) is 459 Å². The molecule has 0 saturated heterocycles. The van der Waals surface area contributed by atoms with Gasteiger partial charge in [0.05, 0.1) is 44.4 Å². The van der Waals surface area contributed by atoms with Gasteiger partial charge in [0.2, 0.25) is 0 Å². The van der Waals surface area contributed by atoms with Crippen LogP contribution in [0.4, 0.5) is 0 Å². The summed E-state index contributed by atoms with van der Waals surface area (Å²) >= 11 is 0. The Morgan fingerprint density at radius 1 is 0.263 bits per heavy atom. The van der Waals surface area contributed by atoms with E-state index < -0.39 is 20.6 Å². The second-order valence-electron chi connectivity index (χ2n) is 30.2. The first kappa shape index (κ1) is 87.7. The molecule has 16 heterocycles.